The molecule has 0 aliphatic carbocycles. The van der Waals surface area contributed by atoms with Crippen molar-refractivity contribution in [3.05, 3.63) is 42.0 Å². The first-order valence-electron chi connectivity index (χ1n) is 5.66. The summed E-state index contributed by atoms with van der Waals surface area (Å²) in [6, 6.07) is 9.10. The summed E-state index contributed by atoms with van der Waals surface area (Å²) in [6.07, 6.45) is -4.33. The molecule has 0 saturated heterocycles. The van der Waals surface area contributed by atoms with Crippen LogP contribution in [0.1, 0.15) is 5.56 Å². The average molecular weight is 265 g/mol. The highest BCUT2D eigenvalue weighted by molar-refractivity contribution is 6.07. The summed E-state index contributed by atoms with van der Waals surface area (Å²) in [4.78, 5) is 2.99. The molecule has 19 heavy (non-hydrogen) atoms. The predicted molar refractivity (Wildman–Crippen MR) is 67.4 cm³/mol. The Balaban J connectivity index is 2.27. The molecular weight excluding hydrogens is 255 g/mol. The van der Waals surface area contributed by atoms with Crippen molar-refractivity contribution in [3.63, 3.8) is 0 Å². The summed E-state index contributed by atoms with van der Waals surface area (Å²) >= 11 is 0. The highest BCUT2D eigenvalue weighted by Gasteiger charge is 2.30. The number of hydrogen-bond acceptors (Lipinski definition) is 1. The van der Waals surface area contributed by atoms with Gasteiger partial charge < -0.3 is 9.72 Å². The van der Waals surface area contributed by atoms with E-state index in [0.29, 0.717) is 11.3 Å². The van der Waals surface area contributed by atoms with Gasteiger partial charge in [-0.25, -0.2) is 0 Å². The Kier molecular flexibility index (Phi) is 2.45. The Hall–Kier alpha value is -2.17. The standard InChI is InChI=1S/C14H10F3NO/c1-19-9-3-5-11-10-4-2-8(14(15,16)17)6-12(10)18-13(11)7-9/h2-7,18H,1H3. The molecule has 0 amide bonds. The third-order valence-electron chi connectivity index (χ3n) is 3.13. The normalized spacial score (nSPS) is 12.2. The summed E-state index contributed by atoms with van der Waals surface area (Å²) in [5, 5.41) is 1.65. The zero-order chi connectivity index (χ0) is 13.6. The maximum absolute atomic E-state index is 12.7. The number of ether oxygens (including phenoxy) is 1. The summed E-state index contributed by atoms with van der Waals surface area (Å²) in [5.41, 5.74) is 0.574. The second-order valence-corrected chi connectivity index (χ2v) is 4.29. The third-order valence-corrected chi connectivity index (χ3v) is 3.13. The minimum absolute atomic E-state index is 0.470. The van der Waals surface area contributed by atoms with Crippen molar-refractivity contribution in [2.75, 3.05) is 7.11 Å². The van der Waals surface area contributed by atoms with Gasteiger partial charge in [-0.15, -0.1) is 0 Å². The van der Waals surface area contributed by atoms with Crippen LogP contribution in [0.25, 0.3) is 21.8 Å². The third kappa shape index (κ3) is 1.91. The molecule has 2 aromatic carbocycles. The summed E-state index contributed by atoms with van der Waals surface area (Å²) in [7, 11) is 1.55. The van der Waals surface area contributed by atoms with E-state index in [1.54, 1.807) is 19.2 Å². The van der Waals surface area contributed by atoms with Gasteiger partial charge >= 0.3 is 6.18 Å². The van der Waals surface area contributed by atoms with E-state index in [-0.39, 0.29) is 0 Å². The molecule has 0 aliphatic rings. The van der Waals surface area contributed by atoms with Gasteiger partial charge in [0, 0.05) is 22.4 Å². The lowest BCUT2D eigenvalue weighted by Crippen LogP contribution is -2.03. The van der Waals surface area contributed by atoms with Crippen LogP contribution in [0.15, 0.2) is 36.4 Å². The summed E-state index contributed by atoms with van der Waals surface area (Å²) < 4.78 is 43.1. The fourth-order valence-electron chi connectivity index (χ4n) is 2.19. The number of benzene rings is 2. The Morgan fingerprint density at radius 1 is 0.947 bits per heavy atom. The van der Waals surface area contributed by atoms with Crippen LogP contribution in [0.5, 0.6) is 5.75 Å². The van der Waals surface area contributed by atoms with Crippen molar-refractivity contribution < 1.29 is 17.9 Å². The van der Waals surface area contributed by atoms with Gasteiger partial charge in [0.15, 0.2) is 0 Å². The molecule has 1 heterocycles. The second-order valence-electron chi connectivity index (χ2n) is 4.29. The molecule has 0 saturated carbocycles. The number of fused-ring (bicyclic) bond motifs is 3. The maximum atomic E-state index is 12.7. The minimum Gasteiger partial charge on any atom is -0.497 e. The van der Waals surface area contributed by atoms with E-state index in [2.05, 4.69) is 4.98 Å². The molecule has 0 aliphatic heterocycles. The topological polar surface area (TPSA) is 25.0 Å². The molecule has 0 fully saturated rings. The zero-order valence-corrected chi connectivity index (χ0v) is 10.0. The Bertz CT molecular complexity index is 758. The first-order valence-corrected chi connectivity index (χ1v) is 5.66. The SMILES string of the molecule is COc1ccc2c(c1)[nH]c1cc(C(F)(F)F)ccc12. The highest BCUT2D eigenvalue weighted by atomic mass is 19.4. The van der Waals surface area contributed by atoms with E-state index in [1.165, 1.54) is 6.07 Å². The number of H-pyrrole nitrogens is 1. The molecule has 1 N–H and O–H groups in total. The van der Waals surface area contributed by atoms with Crippen molar-refractivity contribution in [2.45, 2.75) is 6.18 Å². The van der Waals surface area contributed by atoms with Crippen molar-refractivity contribution in [1.82, 2.24) is 4.98 Å². The smallest absolute Gasteiger partial charge is 0.416 e. The van der Waals surface area contributed by atoms with Crippen molar-refractivity contribution in [3.8, 4) is 5.75 Å². The summed E-state index contributed by atoms with van der Waals surface area (Å²) in [6.45, 7) is 0. The zero-order valence-electron chi connectivity index (χ0n) is 10.0. The van der Waals surface area contributed by atoms with Crippen LogP contribution in [-0.2, 0) is 6.18 Å². The van der Waals surface area contributed by atoms with E-state index < -0.39 is 11.7 Å². The number of rotatable bonds is 1. The predicted octanol–water partition coefficient (Wildman–Crippen LogP) is 4.35. The van der Waals surface area contributed by atoms with Gasteiger partial charge in [0.1, 0.15) is 5.75 Å². The Morgan fingerprint density at radius 2 is 1.58 bits per heavy atom. The van der Waals surface area contributed by atoms with Gasteiger partial charge in [-0.3, -0.25) is 0 Å². The van der Waals surface area contributed by atoms with Gasteiger partial charge in [0.2, 0.25) is 0 Å². The molecule has 0 unspecified atom stereocenters. The molecule has 0 radical (unpaired) electrons. The molecular formula is C14H10F3NO. The van der Waals surface area contributed by atoms with E-state index in [9.17, 15) is 13.2 Å². The number of alkyl halides is 3. The lowest BCUT2D eigenvalue weighted by atomic mass is 10.1. The number of halogens is 3. The first kappa shape index (κ1) is 11.9. The molecule has 0 spiro atoms. The monoisotopic (exact) mass is 265 g/mol. The summed E-state index contributed by atoms with van der Waals surface area (Å²) in [5.74, 6) is 0.662. The average Bonchev–Trinajstić information content (AvgIpc) is 2.73. The van der Waals surface area contributed by atoms with E-state index in [1.807, 2.05) is 6.07 Å². The largest absolute Gasteiger partial charge is 0.497 e. The number of methoxy groups -OCH3 is 1. The van der Waals surface area contributed by atoms with Crippen molar-refractivity contribution in [2.24, 2.45) is 0 Å². The Labute approximate surface area is 106 Å². The fraction of sp³-hybridized carbons (Fsp3) is 0.143. The fourth-order valence-corrected chi connectivity index (χ4v) is 2.19. The van der Waals surface area contributed by atoms with Crippen molar-refractivity contribution in [1.29, 1.82) is 0 Å². The first-order chi connectivity index (χ1) is 8.99. The highest BCUT2D eigenvalue weighted by Crippen LogP contribution is 2.34. The number of aromatic amines is 1. The van der Waals surface area contributed by atoms with E-state index in [4.69, 9.17) is 4.74 Å². The molecule has 3 rings (SSSR count). The number of nitrogens with one attached hydrogen (secondary N) is 1. The van der Waals surface area contributed by atoms with Crippen LogP contribution >= 0.6 is 0 Å². The van der Waals surface area contributed by atoms with Crippen molar-refractivity contribution >= 4 is 21.8 Å². The van der Waals surface area contributed by atoms with Crippen LogP contribution in [0, 0.1) is 0 Å². The van der Waals surface area contributed by atoms with Gasteiger partial charge in [0.05, 0.1) is 18.2 Å². The number of hydrogen-bond donors (Lipinski definition) is 1. The number of aromatic nitrogens is 1. The van der Waals surface area contributed by atoms with Crippen LogP contribution < -0.4 is 4.74 Å². The van der Waals surface area contributed by atoms with Gasteiger partial charge in [-0.05, 0) is 24.3 Å². The van der Waals surface area contributed by atoms with Gasteiger partial charge in [-0.2, -0.15) is 13.2 Å². The van der Waals surface area contributed by atoms with Crippen LogP contribution in [0.4, 0.5) is 13.2 Å². The maximum Gasteiger partial charge on any atom is 0.416 e. The lowest BCUT2D eigenvalue weighted by Gasteiger charge is -2.05. The molecule has 3 aromatic rings. The lowest BCUT2D eigenvalue weighted by molar-refractivity contribution is -0.137. The van der Waals surface area contributed by atoms with E-state index in [0.717, 1.165) is 28.4 Å². The van der Waals surface area contributed by atoms with Gasteiger partial charge in [-0.1, -0.05) is 6.07 Å². The molecule has 0 bridgehead atoms. The molecule has 2 nitrogen and oxygen atoms in total. The van der Waals surface area contributed by atoms with Crippen LogP contribution in [-0.4, -0.2) is 12.1 Å². The molecule has 0 atom stereocenters. The second kappa shape index (κ2) is 3.91. The Morgan fingerprint density at radius 3 is 2.21 bits per heavy atom. The molecule has 5 heteroatoms. The molecule has 1 aromatic heterocycles. The van der Waals surface area contributed by atoms with Crippen LogP contribution in [0.2, 0.25) is 0 Å². The van der Waals surface area contributed by atoms with Gasteiger partial charge in [0.25, 0.3) is 0 Å². The molecule has 98 valence electrons. The van der Waals surface area contributed by atoms with Crippen LogP contribution in [0.3, 0.4) is 0 Å². The minimum atomic E-state index is -4.33. The van der Waals surface area contributed by atoms with E-state index >= 15 is 0 Å². The quantitative estimate of drug-likeness (QED) is 0.695.